The van der Waals surface area contributed by atoms with Crippen molar-refractivity contribution in [2.75, 3.05) is 13.1 Å². The standard InChI is InChI=1S/C15H19N3/c1-2-15(16)10-18(11-15)9-12-5-6-14-13(8-12)4-3-7-17-14/h3-8H,2,9-11,16H2,1H3. The van der Waals surface area contributed by atoms with E-state index in [0.29, 0.717) is 0 Å². The van der Waals surface area contributed by atoms with Crippen molar-refractivity contribution in [1.29, 1.82) is 0 Å². The van der Waals surface area contributed by atoms with Gasteiger partial charge in [0, 0.05) is 36.8 Å². The summed E-state index contributed by atoms with van der Waals surface area (Å²) in [7, 11) is 0. The van der Waals surface area contributed by atoms with Crippen LogP contribution in [0.4, 0.5) is 0 Å². The molecular formula is C15H19N3. The van der Waals surface area contributed by atoms with Crippen LogP contribution in [0.15, 0.2) is 36.5 Å². The monoisotopic (exact) mass is 241 g/mol. The third-order valence-corrected chi connectivity index (χ3v) is 3.85. The van der Waals surface area contributed by atoms with Gasteiger partial charge in [-0.3, -0.25) is 9.88 Å². The summed E-state index contributed by atoms with van der Waals surface area (Å²) < 4.78 is 0. The predicted octanol–water partition coefficient (Wildman–Crippen LogP) is 2.16. The summed E-state index contributed by atoms with van der Waals surface area (Å²) in [5.41, 5.74) is 8.64. The van der Waals surface area contributed by atoms with Crippen LogP contribution in [-0.4, -0.2) is 28.5 Å². The summed E-state index contributed by atoms with van der Waals surface area (Å²) in [5.74, 6) is 0. The largest absolute Gasteiger partial charge is 0.323 e. The smallest absolute Gasteiger partial charge is 0.0702 e. The van der Waals surface area contributed by atoms with E-state index < -0.39 is 0 Å². The van der Waals surface area contributed by atoms with Gasteiger partial charge in [-0.2, -0.15) is 0 Å². The lowest BCUT2D eigenvalue weighted by Gasteiger charge is -2.47. The van der Waals surface area contributed by atoms with E-state index in [9.17, 15) is 0 Å². The maximum atomic E-state index is 6.19. The number of nitrogens with zero attached hydrogens (tertiary/aromatic N) is 2. The average molecular weight is 241 g/mol. The molecule has 0 atom stereocenters. The first kappa shape index (κ1) is 11.6. The first-order chi connectivity index (χ1) is 8.68. The molecular weight excluding hydrogens is 222 g/mol. The molecule has 2 heterocycles. The Hall–Kier alpha value is -1.45. The Kier molecular flexibility index (Phi) is 2.80. The van der Waals surface area contributed by atoms with E-state index in [4.69, 9.17) is 5.73 Å². The van der Waals surface area contributed by atoms with Crippen LogP contribution in [-0.2, 0) is 6.54 Å². The molecule has 0 bridgehead atoms. The maximum Gasteiger partial charge on any atom is 0.0702 e. The van der Waals surface area contributed by atoms with Gasteiger partial charge >= 0.3 is 0 Å². The van der Waals surface area contributed by atoms with E-state index in [1.807, 2.05) is 12.3 Å². The minimum Gasteiger partial charge on any atom is -0.323 e. The molecule has 1 fully saturated rings. The Morgan fingerprint density at radius 3 is 2.94 bits per heavy atom. The number of nitrogens with two attached hydrogens (primary N) is 1. The summed E-state index contributed by atoms with van der Waals surface area (Å²) in [6.07, 6.45) is 2.90. The Morgan fingerprint density at radius 1 is 1.33 bits per heavy atom. The van der Waals surface area contributed by atoms with Crippen LogP contribution >= 0.6 is 0 Å². The lowest BCUT2D eigenvalue weighted by atomic mass is 9.88. The molecule has 1 aliphatic rings. The maximum absolute atomic E-state index is 6.19. The average Bonchev–Trinajstić information content (AvgIpc) is 2.36. The number of likely N-dealkylation sites (tertiary alicyclic amines) is 1. The summed E-state index contributed by atoms with van der Waals surface area (Å²) >= 11 is 0. The molecule has 94 valence electrons. The van der Waals surface area contributed by atoms with Gasteiger partial charge in [0.15, 0.2) is 0 Å². The molecule has 1 aliphatic heterocycles. The Morgan fingerprint density at radius 2 is 2.17 bits per heavy atom. The van der Waals surface area contributed by atoms with Gasteiger partial charge in [-0.25, -0.2) is 0 Å². The molecule has 0 amide bonds. The number of benzene rings is 1. The highest BCUT2D eigenvalue weighted by Crippen LogP contribution is 2.24. The third kappa shape index (κ3) is 2.11. The molecule has 0 spiro atoms. The number of rotatable bonds is 3. The van der Waals surface area contributed by atoms with Gasteiger partial charge in [0.2, 0.25) is 0 Å². The molecule has 0 saturated carbocycles. The van der Waals surface area contributed by atoms with E-state index in [1.54, 1.807) is 0 Å². The number of fused-ring (bicyclic) bond motifs is 1. The van der Waals surface area contributed by atoms with E-state index in [0.717, 1.165) is 31.6 Å². The molecule has 3 heteroatoms. The minimum absolute atomic E-state index is 0.0540. The van der Waals surface area contributed by atoms with Crippen LogP contribution in [0, 0.1) is 0 Å². The molecule has 3 rings (SSSR count). The molecule has 3 nitrogen and oxygen atoms in total. The summed E-state index contributed by atoms with van der Waals surface area (Å²) in [6.45, 7) is 5.17. The lowest BCUT2D eigenvalue weighted by Crippen LogP contribution is -2.66. The number of hydrogen-bond acceptors (Lipinski definition) is 3. The third-order valence-electron chi connectivity index (χ3n) is 3.85. The van der Waals surface area contributed by atoms with Gasteiger partial charge in [0.1, 0.15) is 0 Å². The fourth-order valence-electron chi connectivity index (χ4n) is 2.66. The molecule has 1 aromatic heterocycles. The molecule has 0 radical (unpaired) electrons. The lowest BCUT2D eigenvalue weighted by molar-refractivity contribution is 0.0607. The first-order valence-electron chi connectivity index (χ1n) is 6.53. The zero-order valence-electron chi connectivity index (χ0n) is 10.8. The highest BCUT2D eigenvalue weighted by molar-refractivity contribution is 5.78. The van der Waals surface area contributed by atoms with Crippen LogP contribution in [0.25, 0.3) is 10.9 Å². The van der Waals surface area contributed by atoms with E-state index >= 15 is 0 Å². The topological polar surface area (TPSA) is 42.1 Å². The van der Waals surface area contributed by atoms with Crippen LogP contribution < -0.4 is 5.73 Å². The van der Waals surface area contributed by atoms with Crippen LogP contribution in [0.2, 0.25) is 0 Å². The van der Waals surface area contributed by atoms with Crippen molar-refractivity contribution in [1.82, 2.24) is 9.88 Å². The summed E-state index contributed by atoms with van der Waals surface area (Å²) in [4.78, 5) is 6.74. The second-order valence-electron chi connectivity index (χ2n) is 5.39. The van der Waals surface area contributed by atoms with Crippen molar-refractivity contribution in [2.45, 2.75) is 25.4 Å². The highest BCUT2D eigenvalue weighted by atomic mass is 15.2. The van der Waals surface area contributed by atoms with Crippen LogP contribution in [0.1, 0.15) is 18.9 Å². The summed E-state index contributed by atoms with van der Waals surface area (Å²) in [6, 6.07) is 10.6. The fourth-order valence-corrected chi connectivity index (χ4v) is 2.66. The second kappa shape index (κ2) is 4.34. The Balaban J connectivity index is 1.72. The van der Waals surface area contributed by atoms with Crippen LogP contribution in [0.5, 0.6) is 0 Å². The van der Waals surface area contributed by atoms with Crippen LogP contribution in [0.3, 0.4) is 0 Å². The summed E-state index contributed by atoms with van der Waals surface area (Å²) in [5, 5.41) is 1.21. The van der Waals surface area contributed by atoms with Gasteiger partial charge < -0.3 is 5.73 Å². The van der Waals surface area contributed by atoms with E-state index in [-0.39, 0.29) is 5.54 Å². The second-order valence-corrected chi connectivity index (χ2v) is 5.39. The van der Waals surface area contributed by atoms with Gasteiger partial charge in [0.05, 0.1) is 5.52 Å². The van der Waals surface area contributed by atoms with Gasteiger partial charge in [-0.15, -0.1) is 0 Å². The molecule has 2 N–H and O–H groups in total. The molecule has 1 saturated heterocycles. The molecule has 2 aromatic rings. The Labute approximate surface area is 108 Å². The van der Waals surface area contributed by atoms with Crippen molar-refractivity contribution in [3.63, 3.8) is 0 Å². The molecule has 1 aromatic carbocycles. The normalized spacial score (nSPS) is 18.8. The van der Waals surface area contributed by atoms with Crippen molar-refractivity contribution < 1.29 is 0 Å². The predicted molar refractivity (Wildman–Crippen MR) is 74.2 cm³/mol. The molecule has 0 aliphatic carbocycles. The number of hydrogen-bond donors (Lipinski definition) is 1. The van der Waals surface area contributed by atoms with Gasteiger partial charge in [-0.1, -0.05) is 19.1 Å². The van der Waals surface area contributed by atoms with E-state index in [1.165, 1.54) is 10.9 Å². The number of aromatic nitrogens is 1. The van der Waals surface area contributed by atoms with Crippen molar-refractivity contribution in [3.05, 3.63) is 42.1 Å². The minimum atomic E-state index is 0.0540. The SMILES string of the molecule is CCC1(N)CN(Cc2ccc3ncccc3c2)C1. The van der Waals surface area contributed by atoms with Crippen molar-refractivity contribution in [2.24, 2.45) is 5.73 Å². The van der Waals surface area contributed by atoms with Gasteiger partial charge in [0.25, 0.3) is 0 Å². The Bertz CT molecular complexity index is 558. The highest BCUT2D eigenvalue weighted by Gasteiger charge is 2.37. The van der Waals surface area contributed by atoms with Gasteiger partial charge in [-0.05, 0) is 30.2 Å². The zero-order valence-corrected chi connectivity index (χ0v) is 10.8. The number of pyridine rings is 1. The zero-order chi connectivity index (χ0) is 12.6. The fraction of sp³-hybridized carbons (Fsp3) is 0.400. The first-order valence-corrected chi connectivity index (χ1v) is 6.53. The quantitative estimate of drug-likeness (QED) is 0.895. The molecule has 18 heavy (non-hydrogen) atoms. The van der Waals surface area contributed by atoms with E-state index in [2.05, 4.69) is 41.1 Å². The van der Waals surface area contributed by atoms with Crippen molar-refractivity contribution >= 4 is 10.9 Å². The molecule has 0 unspecified atom stereocenters. The van der Waals surface area contributed by atoms with Crippen molar-refractivity contribution in [3.8, 4) is 0 Å².